The molecular weight excluding hydrogens is 426 g/mol. The lowest BCUT2D eigenvalue weighted by molar-refractivity contribution is 0.138. The molecular formula is C28H33N3O3. The molecule has 2 aliphatic heterocycles. The number of carbonyl (C=O) groups excluding carboxylic acids is 1. The Hall–Kier alpha value is -3.25. The van der Waals surface area contributed by atoms with E-state index >= 15 is 0 Å². The molecule has 0 aliphatic carbocycles. The summed E-state index contributed by atoms with van der Waals surface area (Å²) in [6, 6.07) is 20.5. The van der Waals surface area contributed by atoms with E-state index in [0.717, 1.165) is 55.5 Å². The zero-order valence-electron chi connectivity index (χ0n) is 20.1. The number of benzene rings is 3. The molecule has 0 aromatic heterocycles. The van der Waals surface area contributed by atoms with Crippen molar-refractivity contribution < 1.29 is 14.3 Å². The number of para-hydroxylation sites is 1. The van der Waals surface area contributed by atoms with E-state index in [4.69, 9.17) is 9.47 Å². The quantitative estimate of drug-likeness (QED) is 0.551. The Labute approximate surface area is 201 Å². The van der Waals surface area contributed by atoms with Gasteiger partial charge in [0.15, 0.2) is 0 Å². The largest absolute Gasteiger partial charge is 0.496 e. The van der Waals surface area contributed by atoms with Gasteiger partial charge in [-0.15, -0.1) is 0 Å². The predicted octanol–water partition coefficient (Wildman–Crippen LogP) is 4.98. The van der Waals surface area contributed by atoms with Gasteiger partial charge in [-0.2, -0.15) is 0 Å². The lowest BCUT2D eigenvalue weighted by atomic mass is 9.89. The number of piperidine rings is 1. The van der Waals surface area contributed by atoms with Crippen molar-refractivity contribution in [3.63, 3.8) is 0 Å². The summed E-state index contributed by atoms with van der Waals surface area (Å²) in [5.41, 5.74) is 2.44. The van der Waals surface area contributed by atoms with Crippen molar-refractivity contribution in [1.82, 2.24) is 9.80 Å². The van der Waals surface area contributed by atoms with Gasteiger partial charge in [0.1, 0.15) is 11.5 Å². The van der Waals surface area contributed by atoms with Crippen molar-refractivity contribution in [3.8, 4) is 11.5 Å². The van der Waals surface area contributed by atoms with Crippen LogP contribution < -0.4 is 14.4 Å². The minimum absolute atomic E-state index is 0.269. The molecule has 0 atom stereocenters. The van der Waals surface area contributed by atoms with Gasteiger partial charge in [0.2, 0.25) is 0 Å². The van der Waals surface area contributed by atoms with Gasteiger partial charge in [0, 0.05) is 50.3 Å². The van der Waals surface area contributed by atoms with Crippen LogP contribution in [-0.4, -0.2) is 69.3 Å². The van der Waals surface area contributed by atoms with E-state index in [1.54, 1.807) is 7.11 Å². The van der Waals surface area contributed by atoms with Crippen molar-refractivity contribution in [3.05, 3.63) is 66.2 Å². The molecule has 2 aliphatic rings. The molecule has 2 heterocycles. The topological polar surface area (TPSA) is 45.2 Å². The number of fused-ring (bicyclic) bond motifs is 1. The number of nitrogens with zero attached hydrogens (tertiary/aromatic N) is 3. The highest BCUT2D eigenvalue weighted by Crippen LogP contribution is 2.35. The number of hydrogen-bond donors (Lipinski definition) is 0. The summed E-state index contributed by atoms with van der Waals surface area (Å²) in [5, 5.41) is 2.29. The highest BCUT2D eigenvalue weighted by molar-refractivity contribution is 5.95. The number of piperazine rings is 1. The second-order valence-electron chi connectivity index (χ2n) is 9.32. The maximum Gasteiger partial charge on any atom is 0.415 e. The first kappa shape index (κ1) is 22.5. The summed E-state index contributed by atoms with van der Waals surface area (Å²) < 4.78 is 11.4. The molecule has 0 unspecified atom stereocenters. The summed E-state index contributed by atoms with van der Waals surface area (Å²) in [6.07, 6.45) is 1.54. The fraction of sp³-hybridized carbons (Fsp3) is 0.393. The van der Waals surface area contributed by atoms with Gasteiger partial charge in [-0.1, -0.05) is 36.4 Å². The van der Waals surface area contributed by atoms with Crippen LogP contribution in [0.1, 0.15) is 24.3 Å². The number of ether oxygens (including phenoxy) is 2. The molecule has 5 rings (SSSR count). The molecule has 6 nitrogen and oxygen atoms in total. The van der Waals surface area contributed by atoms with Crippen LogP contribution in [0, 0.1) is 0 Å². The maximum absolute atomic E-state index is 13.0. The van der Waals surface area contributed by atoms with Crippen LogP contribution in [-0.2, 0) is 0 Å². The lowest BCUT2D eigenvalue weighted by Crippen LogP contribution is -2.44. The molecule has 0 N–H and O–H groups in total. The Balaban J connectivity index is 1.26. The van der Waals surface area contributed by atoms with Crippen LogP contribution in [0.25, 0.3) is 10.8 Å². The third-order valence-corrected chi connectivity index (χ3v) is 7.21. The Bertz CT molecular complexity index is 1150. The number of likely N-dealkylation sites (tertiary alicyclic amines) is 1. The van der Waals surface area contributed by atoms with Gasteiger partial charge >= 0.3 is 6.09 Å². The van der Waals surface area contributed by atoms with Crippen molar-refractivity contribution in [2.24, 2.45) is 0 Å². The van der Waals surface area contributed by atoms with Crippen LogP contribution in [0.5, 0.6) is 11.5 Å². The van der Waals surface area contributed by atoms with Crippen molar-refractivity contribution in [2.75, 3.05) is 58.3 Å². The van der Waals surface area contributed by atoms with Gasteiger partial charge in [0.05, 0.1) is 7.11 Å². The number of hydrogen-bond acceptors (Lipinski definition) is 5. The van der Waals surface area contributed by atoms with Crippen molar-refractivity contribution in [1.29, 1.82) is 0 Å². The van der Waals surface area contributed by atoms with Gasteiger partial charge in [0.25, 0.3) is 0 Å². The van der Waals surface area contributed by atoms with Gasteiger partial charge in [-0.25, -0.2) is 4.79 Å². The Morgan fingerprint density at radius 1 is 0.882 bits per heavy atom. The highest BCUT2D eigenvalue weighted by Gasteiger charge is 2.27. The number of rotatable bonds is 4. The molecule has 2 saturated heterocycles. The summed E-state index contributed by atoms with van der Waals surface area (Å²) in [7, 11) is 3.88. The average Bonchev–Trinajstić information content (AvgIpc) is 2.89. The van der Waals surface area contributed by atoms with E-state index in [0.29, 0.717) is 24.8 Å². The van der Waals surface area contributed by atoms with Gasteiger partial charge in [-0.05, 0) is 61.0 Å². The monoisotopic (exact) mass is 459 g/mol. The number of amides is 1. The lowest BCUT2D eigenvalue weighted by Gasteiger charge is -2.34. The first-order valence-electron chi connectivity index (χ1n) is 12.2. The molecule has 0 bridgehead atoms. The first-order valence-corrected chi connectivity index (χ1v) is 12.2. The zero-order chi connectivity index (χ0) is 23.5. The standard InChI is InChI=1S/C28H33N3O3/c1-29-16-18-30(19-17-29)26-8-5-6-21-10-11-23(20-25(21)26)34-28(32)31-14-12-22(13-15-31)24-7-3-4-9-27(24)33-2/h3-11,20,22H,12-19H2,1-2H3. The number of carbonyl (C=O) groups is 1. The molecule has 0 radical (unpaired) electrons. The third kappa shape index (κ3) is 4.68. The van der Waals surface area contributed by atoms with E-state index in [1.807, 2.05) is 35.2 Å². The summed E-state index contributed by atoms with van der Waals surface area (Å²) in [6.45, 7) is 5.47. The number of methoxy groups -OCH3 is 1. The fourth-order valence-corrected chi connectivity index (χ4v) is 5.16. The Kier molecular flexibility index (Phi) is 6.59. The molecule has 0 spiro atoms. The SMILES string of the molecule is COc1ccccc1C1CCN(C(=O)Oc2ccc3cccc(N4CCN(C)CC4)c3c2)CC1. The van der Waals surface area contributed by atoms with Crippen LogP contribution in [0.4, 0.5) is 10.5 Å². The molecule has 178 valence electrons. The Morgan fingerprint density at radius 3 is 2.41 bits per heavy atom. The first-order chi connectivity index (χ1) is 16.6. The summed E-state index contributed by atoms with van der Waals surface area (Å²) in [4.78, 5) is 19.6. The second kappa shape index (κ2) is 9.94. The van der Waals surface area contributed by atoms with Crippen molar-refractivity contribution in [2.45, 2.75) is 18.8 Å². The highest BCUT2D eigenvalue weighted by atomic mass is 16.6. The van der Waals surface area contributed by atoms with Crippen LogP contribution in [0.2, 0.25) is 0 Å². The molecule has 0 saturated carbocycles. The van der Waals surface area contributed by atoms with Crippen molar-refractivity contribution >= 4 is 22.6 Å². The minimum atomic E-state index is -0.269. The van der Waals surface area contributed by atoms with Crippen LogP contribution in [0.3, 0.4) is 0 Å². The Morgan fingerprint density at radius 2 is 1.65 bits per heavy atom. The van der Waals surface area contributed by atoms with Gasteiger partial charge < -0.3 is 24.2 Å². The smallest absolute Gasteiger partial charge is 0.415 e. The molecule has 3 aromatic carbocycles. The third-order valence-electron chi connectivity index (χ3n) is 7.21. The second-order valence-corrected chi connectivity index (χ2v) is 9.32. The zero-order valence-corrected chi connectivity index (χ0v) is 20.1. The number of likely N-dealkylation sites (N-methyl/N-ethyl adjacent to an activating group) is 1. The number of anilines is 1. The molecule has 1 amide bonds. The normalized spacial score (nSPS) is 17.7. The molecule has 3 aromatic rings. The molecule has 34 heavy (non-hydrogen) atoms. The van der Waals surface area contributed by atoms with Crippen LogP contribution in [0.15, 0.2) is 60.7 Å². The van der Waals surface area contributed by atoms with E-state index in [-0.39, 0.29) is 6.09 Å². The van der Waals surface area contributed by atoms with E-state index in [1.165, 1.54) is 11.3 Å². The van der Waals surface area contributed by atoms with E-state index < -0.39 is 0 Å². The average molecular weight is 460 g/mol. The predicted molar refractivity (Wildman–Crippen MR) is 136 cm³/mol. The van der Waals surface area contributed by atoms with Gasteiger partial charge in [-0.3, -0.25) is 0 Å². The maximum atomic E-state index is 13.0. The molecule has 2 fully saturated rings. The van der Waals surface area contributed by atoms with Crippen LogP contribution >= 0.6 is 0 Å². The van der Waals surface area contributed by atoms with E-state index in [2.05, 4.69) is 47.2 Å². The molecule has 6 heteroatoms. The fourth-order valence-electron chi connectivity index (χ4n) is 5.16. The van der Waals surface area contributed by atoms with E-state index in [9.17, 15) is 4.79 Å². The minimum Gasteiger partial charge on any atom is -0.496 e. The summed E-state index contributed by atoms with van der Waals surface area (Å²) >= 11 is 0. The summed E-state index contributed by atoms with van der Waals surface area (Å²) in [5.74, 6) is 1.92.